The Bertz CT molecular complexity index is 1010. The number of hydrogen-bond acceptors (Lipinski definition) is 7. The summed E-state index contributed by atoms with van der Waals surface area (Å²) < 4.78 is 0. The molecule has 7 nitrogen and oxygen atoms in total. The summed E-state index contributed by atoms with van der Waals surface area (Å²) in [5, 5.41) is 21.8. The molecule has 1 aromatic carbocycles. The predicted molar refractivity (Wildman–Crippen MR) is 104 cm³/mol. The molecule has 0 aliphatic heterocycles. The first-order chi connectivity index (χ1) is 12.7. The Labute approximate surface area is 154 Å². The molecule has 0 radical (unpaired) electrons. The van der Waals surface area contributed by atoms with Crippen molar-refractivity contribution in [2.24, 2.45) is 5.73 Å². The van der Waals surface area contributed by atoms with Crippen LogP contribution in [0.2, 0.25) is 0 Å². The fourth-order valence-corrected chi connectivity index (χ4v) is 3.51. The highest BCUT2D eigenvalue weighted by Gasteiger charge is 2.11. The zero-order valence-corrected chi connectivity index (χ0v) is 15.1. The summed E-state index contributed by atoms with van der Waals surface area (Å²) in [6, 6.07) is 11.9. The fourth-order valence-electron chi connectivity index (χ4n) is 2.76. The fraction of sp³-hybridized carbons (Fsp3) is 0.222. The summed E-state index contributed by atoms with van der Waals surface area (Å²) in [6.07, 6.45) is 2.50. The number of nitrogens with zero attached hydrogens (tertiary/aromatic N) is 4. The molecule has 0 unspecified atom stereocenters. The third-order valence-electron chi connectivity index (χ3n) is 4.13. The Kier molecular flexibility index (Phi) is 4.59. The molecular weight excluding hydrogens is 346 g/mol. The number of anilines is 1. The minimum absolute atomic E-state index is 0.0396. The van der Waals surface area contributed by atoms with Gasteiger partial charge in [-0.05, 0) is 37.3 Å². The van der Waals surface area contributed by atoms with E-state index in [0.29, 0.717) is 6.54 Å². The molecule has 132 valence electrons. The zero-order chi connectivity index (χ0) is 17.9. The van der Waals surface area contributed by atoms with Gasteiger partial charge in [0.1, 0.15) is 5.01 Å². The van der Waals surface area contributed by atoms with Crippen molar-refractivity contribution in [1.29, 1.82) is 0 Å². The molecule has 0 saturated heterocycles. The SMILES string of the molecule is Cc1[nH]nc2ccc(-c3nnc(NC[C@@H](N)Cc4ccccn4)s3)cc12. The van der Waals surface area contributed by atoms with Gasteiger partial charge in [-0.2, -0.15) is 5.10 Å². The van der Waals surface area contributed by atoms with Crippen molar-refractivity contribution in [1.82, 2.24) is 25.4 Å². The largest absolute Gasteiger partial charge is 0.359 e. The molecule has 3 heterocycles. The molecule has 4 N–H and O–H groups in total. The maximum absolute atomic E-state index is 6.18. The van der Waals surface area contributed by atoms with Crippen LogP contribution in [0.4, 0.5) is 5.13 Å². The third-order valence-corrected chi connectivity index (χ3v) is 5.06. The van der Waals surface area contributed by atoms with Crippen LogP contribution in [0.25, 0.3) is 21.5 Å². The van der Waals surface area contributed by atoms with Crippen LogP contribution in [0.3, 0.4) is 0 Å². The monoisotopic (exact) mass is 365 g/mol. The van der Waals surface area contributed by atoms with E-state index >= 15 is 0 Å². The van der Waals surface area contributed by atoms with Gasteiger partial charge >= 0.3 is 0 Å². The van der Waals surface area contributed by atoms with Gasteiger partial charge in [-0.1, -0.05) is 17.4 Å². The minimum atomic E-state index is -0.0396. The Morgan fingerprint density at radius 3 is 3.00 bits per heavy atom. The van der Waals surface area contributed by atoms with Crippen LogP contribution >= 0.6 is 11.3 Å². The number of H-pyrrole nitrogens is 1. The number of aryl methyl sites for hydroxylation is 1. The predicted octanol–water partition coefficient (Wildman–Crippen LogP) is 2.77. The Balaban J connectivity index is 1.41. The molecular formula is C18H19N7S. The van der Waals surface area contributed by atoms with Crippen molar-refractivity contribution in [3.63, 3.8) is 0 Å². The molecule has 0 fully saturated rings. The minimum Gasteiger partial charge on any atom is -0.359 e. The van der Waals surface area contributed by atoms with Gasteiger partial charge in [0.25, 0.3) is 0 Å². The van der Waals surface area contributed by atoms with Gasteiger partial charge in [-0.25, -0.2) is 0 Å². The van der Waals surface area contributed by atoms with Crippen LogP contribution in [0.5, 0.6) is 0 Å². The standard InChI is InChI=1S/C18H19N7S/c1-11-15-8-12(5-6-16(15)23-22-11)17-24-25-18(26-17)21-10-13(19)9-14-4-2-3-7-20-14/h2-8,13H,9-10,19H2,1H3,(H,21,25)(H,22,23)/t13-/m0/s1. The molecule has 4 rings (SSSR count). The smallest absolute Gasteiger partial charge is 0.206 e. The van der Waals surface area contributed by atoms with Crippen molar-refractivity contribution in [3.05, 3.63) is 54.0 Å². The molecule has 8 heteroatoms. The second kappa shape index (κ2) is 7.19. The van der Waals surface area contributed by atoms with Crippen molar-refractivity contribution < 1.29 is 0 Å². The van der Waals surface area contributed by atoms with Crippen LogP contribution in [0.1, 0.15) is 11.4 Å². The summed E-state index contributed by atoms with van der Waals surface area (Å²) in [4.78, 5) is 4.30. The zero-order valence-electron chi connectivity index (χ0n) is 14.3. The lowest BCUT2D eigenvalue weighted by atomic mass is 10.1. The van der Waals surface area contributed by atoms with Gasteiger partial charge in [0.05, 0.1) is 5.52 Å². The van der Waals surface area contributed by atoms with Crippen LogP contribution in [0.15, 0.2) is 42.6 Å². The molecule has 4 aromatic rings. The summed E-state index contributed by atoms with van der Waals surface area (Å²) in [6.45, 7) is 2.63. The average Bonchev–Trinajstić information content (AvgIpc) is 3.28. The summed E-state index contributed by atoms with van der Waals surface area (Å²) in [5.41, 5.74) is 10.2. The van der Waals surface area contributed by atoms with Gasteiger partial charge in [-0.3, -0.25) is 10.1 Å². The van der Waals surface area contributed by atoms with E-state index in [1.165, 1.54) is 11.3 Å². The van der Waals surface area contributed by atoms with E-state index < -0.39 is 0 Å². The van der Waals surface area contributed by atoms with E-state index in [9.17, 15) is 0 Å². The van der Waals surface area contributed by atoms with Crippen molar-refractivity contribution in [2.45, 2.75) is 19.4 Å². The van der Waals surface area contributed by atoms with E-state index in [4.69, 9.17) is 5.73 Å². The summed E-state index contributed by atoms with van der Waals surface area (Å²) >= 11 is 1.52. The molecule has 3 aromatic heterocycles. The lowest BCUT2D eigenvalue weighted by Gasteiger charge is -2.11. The number of benzene rings is 1. The first kappa shape index (κ1) is 16.6. The Hall–Kier alpha value is -2.84. The first-order valence-electron chi connectivity index (χ1n) is 8.37. The van der Waals surface area contributed by atoms with E-state index in [-0.39, 0.29) is 6.04 Å². The number of aromatic nitrogens is 5. The Morgan fingerprint density at radius 1 is 1.23 bits per heavy atom. The van der Waals surface area contributed by atoms with Crippen LogP contribution in [-0.2, 0) is 6.42 Å². The number of aromatic amines is 1. The van der Waals surface area contributed by atoms with Crippen LogP contribution in [0, 0.1) is 6.92 Å². The normalized spacial score (nSPS) is 12.4. The summed E-state index contributed by atoms with van der Waals surface area (Å²) in [5.74, 6) is 0. The van der Waals surface area contributed by atoms with Crippen LogP contribution < -0.4 is 11.1 Å². The van der Waals surface area contributed by atoms with Crippen molar-refractivity contribution in [3.8, 4) is 10.6 Å². The number of pyridine rings is 1. The molecule has 0 amide bonds. The number of hydrogen-bond donors (Lipinski definition) is 3. The molecule has 1 atom stereocenters. The van der Waals surface area contributed by atoms with Gasteiger partial charge in [0.15, 0.2) is 0 Å². The average molecular weight is 365 g/mol. The number of fused-ring (bicyclic) bond motifs is 1. The maximum atomic E-state index is 6.18. The second-order valence-corrected chi connectivity index (χ2v) is 7.14. The molecule has 0 bridgehead atoms. The topological polar surface area (TPSA) is 105 Å². The molecule has 0 spiro atoms. The Morgan fingerprint density at radius 2 is 2.15 bits per heavy atom. The highest BCUT2D eigenvalue weighted by atomic mass is 32.1. The lowest BCUT2D eigenvalue weighted by Crippen LogP contribution is -2.31. The summed E-state index contributed by atoms with van der Waals surface area (Å²) in [7, 11) is 0. The molecule has 0 saturated carbocycles. The highest BCUT2D eigenvalue weighted by molar-refractivity contribution is 7.18. The lowest BCUT2D eigenvalue weighted by molar-refractivity contribution is 0.686. The second-order valence-electron chi connectivity index (χ2n) is 6.16. The van der Waals surface area contributed by atoms with Gasteiger partial charge in [-0.15, -0.1) is 10.2 Å². The van der Waals surface area contributed by atoms with Crippen molar-refractivity contribution in [2.75, 3.05) is 11.9 Å². The van der Waals surface area contributed by atoms with E-state index in [1.807, 2.05) is 37.3 Å². The van der Waals surface area contributed by atoms with Crippen LogP contribution in [-0.4, -0.2) is 38.0 Å². The third kappa shape index (κ3) is 3.56. The van der Waals surface area contributed by atoms with Gasteiger partial charge in [0, 0.05) is 47.5 Å². The molecule has 26 heavy (non-hydrogen) atoms. The van der Waals surface area contributed by atoms with Gasteiger partial charge < -0.3 is 11.1 Å². The van der Waals surface area contributed by atoms with E-state index in [2.05, 4.69) is 36.8 Å². The number of nitrogens with one attached hydrogen (secondary N) is 2. The number of rotatable bonds is 6. The van der Waals surface area contributed by atoms with E-state index in [0.717, 1.165) is 44.4 Å². The van der Waals surface area contributed by atoms with Gasteiger partial charge in [0.2, 0.25) is 5.13 Å². The highest BCUT2D eigenvalue weighted by Crippen LogP contribution is 2.29. The molecule has 0 aliphatic carbocycles. The number of nitrogens with two attached hydrogens (primary N) is 1. The molecule has 0 aliphatic rings. The first-order valence-corrected chi connectivity index (χ1v) is 9.18. The quantitative estimate of drug-likeness (QED) is 0.485. The van der Waals surface area contributed by atoms with Crippen molar-refractivity contribution >= 4 is 27.4 Å². The maximum Gasteiger partial charge on any atom is 0.206 e. The van der Waals surface area contributed by atoms with E-state index in [1.54, 1.807) is 6.20 Å².